The Labute approximate surface area is 222 Å². The average Bonchev–Trinajstić information content (AvgIpc) is 2.92. The van der Waals surface area contributed by atoms with E-state index in [-0.39, 0.29) is 5.92 Å². The Morgan fingerprint density at radius 3 is 1.57 bits per heavy atom. The Morgan fingerprint density at radius 2 is 1.11 bits per heavy atom. The van der Waals surface area contributed by atoms with Crippen LogP contribution in [0.5, 0.6) is 17.2 Å². The number of aryl methyl sites for hydroxylation is 2. The van der Waals surface area contributed by atoms with Crippen LogP contribution in [0.1, 0.15) is 121 Å². The highest BCUT2D eigenvalue weighted by Crippen LogP contribution is 2.47. The molecule has 0 unspecified atom stereocenters. The standard InChI is InChI=1S/C34H42O3/c1-22-18-31(35)29(24-12-6-4-7-13-24)20-27(22)34(26-16-10-11-17-33(26)37-3)28-21-30(32(36)19-23(28)2)25-14-8-5-9-15-25/h10-11,16-21,24-25,34-36H,4-9,12-15H2,1-3H3. The lowest BCUT2D eigenvalue weighted by molar-refractivity contribution is 0.408. The summed E-state index contributed by atoms with van der Waals surface area (Å²) >= 11 is 0. The summed E-state index contributed by atoms with van der Waals surface area (Å²) in [6.45, 7) is 4.22. The molecule has 0 spiro atoms. The molecule has 0 saturated heterocycles. The van der Waals surface area contributed by atoms with Gasteiger partial charge in [0.15, 0.2) is 0 Å². The SMILES string of the molecule is COc1ccccc1C(c1cc(C2CCCCC2)c(O)cc1C)c1cc(C2CCCCC2)c(O)cc1C. The molecule has 0 radical (unpaired) electrons. The summed E-state index contributed by atoms with van der Waals surface area (Å²) < 4.78 is 5.89. The fraction of sp³-hybridized carbons (Fsp3) is 0.471. The minimum atomic E-state index is -0.0537. The van der Waals surface area contributed by atoms with Gasteiger partial charge in [0, 0.05) is 11.5 Å². The summed E-state index contributed by atoms with van der Waals surface area (Å²) in [4.78, 5) is 0. The van der Waals surface area contributed by atoms with Crippen LogP contribution in [0.4, 0.5) is 0 Å². The Hall–Kier alpha value is -2.94. The van der Waals surface area contributed by atoms with Crippen LogP contribution in [0.3, 0.4) is 0 Å². The molecule has 2 aliphatic carbocycles. The molecule has 0 aliphatic heterocycles. The molecule has 0 atom stereocenters. The smallest absolute Gasteiger partial charge is 0.123 e. The van der Waals surface area contributed by atoms with Crippen LogP contribution in [0.15, 0.2) is 48.5 Å². The summed E-state index contributed by atoms with van der Waals surface area (Å²) in [5.74, 6) is 2.48. The van der Waals surface area contributed by atoms with E-state index in [9.17, 15) is 10.2 Å². The van der Waals surface area contributed by atoms with Gasteiger partial charge in [-0.15, -0.1) is 0 Å². The molecule has 3 nitrogen and oxygen atoms in total. The van der Waals surface area contributed by atoms with Crippen molar-refractivity contribution in [2.45, 2.75) is 95.8 Å². The number of aromatic hydroxyl groups is 2. The van der Waals surface area contributed by atoms with Gasteiger partial charge in [0.05, 0.1) is 7.11 Å². The van der Waals surface area contributed by atoms with Crippen molar-refractivity contribution < 1.29 is 14.9 Å². The van der Waals surface area contributed by atoms with Crippen molar-refractivity contribution in [1.82, 2.24) is 0 Å². The molecule has 2 saturated carbocycles. The van der Waals surface area contributed by atoms with Gasteiger partial charge in [0.1, 0.15) is 17.2 Å². The number of hydrogen-bond acceptors (Lipinski definition) is 3. The van der Waals surface area contributed by atoms with Crippen LogP contribution in [0.2, 0.25) is 0 Å². The fourth-order valence-electron chi connectivity index (χ4n) is 6.96. The highest BCUT2D eigenvalue weighted by atomic mass is 16.5. The molecule has 196 valence electrons. The maximum Gasteiger partial charge on any atom is 0.123 e. The summed E-state index contributed by atoms with van der Waals surface area (Å²) in [6, 6.07) is 16.8. The molecule has 2 aliphatic rings. The minimum absolute atomic E-state index is 0.0537. The normalized spacial score (nSPS) is 17.3. The third-order valence-corrected chi connectivity index (χ3v) is 8.99. The number of rotatable bonds is 6. The van der Waals surface area contributed by atoms with Gasteiger partial charge < -0.3 is 14.9 Å². The molecule has 0 aromatic heterocycles. The molecular formula is C34H42O3. The van der Waals surface area contributed by atoms with Gasteiger partial charge in [-0.3, -0.25) is 0 Å². The number of para-hydroxylation sites is 1. The lowest BCUT2D eigenvalue weighted by Gasteiger charge is -2.29. The van der Waals surface area contributed by atoms with Gasteiger partial charge in [-0.1, -0.05) is 68.9 Å². The third kappa shape index (κ3) is 5.23. The van der Waals surface area contributed by atoms with Crippen molar-refractivity contribution in [3.8, 4) is 17.2 Å². The summed E-state index contributed by atoms with van der Waals surface area (Å²) in [5.41, 5.74) is 7.89. The van der Waals surface area contributed by atoms with Crippen molar-refractivity contribution in [1.29, 1.82) is 0 Å². The van der Waals surface area contributed by atoms with Crippen molar-refractivity contribution >= 4 is 0 Å². The van der Waals surface area contributed by atoms with Crippen molar-refractivity contribution in [3.05, 3.63) is 87.5 Å². The number of hydrogen-bond donors (Lipinski definition) is 2. The summed E-state index contributed by atoms with van der Waals surface area (Å²) in [7, 11) is 1.74. The Bertz CT molecular complexity index is 1160. The quantitative estimate of drug-likeness (QED) is 0.333. The highest BCUT2D eigenvalue weighted by Gasteiger charge is 2.29. The highest BCUT2D eigenvalue weighted by molar-refractivity contribution is 5.58. The molecule has 0 bridgehead atoms. The molecule has 2 N–H and O–H groups in total. The molecule has 0 amide bonds. The van der Waals surface area contributed by atoms with E-state index in [0.717, 1.165) is 59.3 Å². The second-order valence-corrected chi connectivity index (χ2v) is 11.4. The van der Waals surface area contributed by atoms with E-state index in [4.69, 9.17) is 4.74 Å². The first kappa shape index (κ1) is 25.7. The molecule has 3 aromatic carbocycles. The van der Waals surface area contributed by atoms with Crippen LogP contribution >= 0.6 is 0 Å². The topological polar surface area (TPSA) is 49.7 Å². The zero-order valence-corrected chi connectivity index (χ0v) is 22.7. The van der Waals surface area contributed by atoms with Crippen LogP contribution in [0, 0.1) is 13.8 Å². The molecule has 37 heavy (non-hydrogen) atoms. The third-order valence-electron chi connectivity index (χ3n) is 8.99. The molecule has 5 rings (SSSR count). The second kappa shape index (κ2) is 11.2. The Morgan fingerprint density at radius 1 is 0.649 bits per heavy atom. The van der Waals surface area contributed by atoms with Gasteiger partial charge in [-0.2, -0.15) is 0 Å². The van der Waals surface area contributed by atoms with E-state index >= 15 is 0 Å². The molecule has 3 heteroatoms. The second-order valence-electron chi connectivity index (χ2n) is 11.4. The maximum atomic E-state index is 11.0. The van der Waals surface area contributed by atoms with Gasteiger partial charge in [-0.05, 0) is 103 Å². The first-order valence-corrected chi connectivity index (χ1v) is 14.3. The van der Waals surface area contributed by atoms with E-state index in [1.54, 1.807) is 7.11 Å². The molecule has 2 fully saturated rings. The average molecular weight is 499 g/mol. The van der Waals surface area contributed by atoms with Crippen molar-refractivity contribution in [2.24, 2.45) is 0 Å². The van der Waals surface area contributed by atoms with Crippen molar-refractivity contribution in [3.63, 3.8) is 0 Å². The number of benzene rings is 3. The molecule has 0 heterocycles. The Kier molecular flexibility index (Phi) is 7.79. The number of phenolic OH excluding ortho intramolecular Hbond substituents is 2. The maximum absolute atomic E-state index is 11.0. The molecule has 3 aromatic rings. The predicted molar refractivity (Wildman–Crippen MR) is 151 cm³/mol. The van der Waals surface area contributed by atoms with Gasteiger partial charge in [0.25, 0.3) is 0 Å². The van der Waals surface area contributed by atoms with E-state index < -0.39 is 0 Å². The monoisotopic (exact) mass is 498 g/mol. The molecular weight excluding hydrogens is 456 g/mol. The number of phenols is 2. The summed E-state index contributed by atoms with van der Waals surface area (Å²) in [5, 5.41) is 22.1. The van der Waals surface area contributed by atoms with E-state index in [0.29, 0.717) is 23.3 Å². The first-order valence-electron chi connectivity index (χ1n) is 14.3. The van der Waals surface area contributed by atoms with Gasteiger partial charge in [0.2, 0.25) is 0 Å². The lowest BCUT2D eigenvalue weighted by Crippen LogP contribution is -2.13. The number of ether oxygens (including phenoxy) is 1. The van der Waals surface area contributed by atoms with E-state index in [1.807, 2.05) is 24.3 Å². The van der Waals surface area contributed by atoms with Crippen LogP contribution in [-0.2, 0) is 0 Å². The van der Waals surface area contributed by atoms with Gasteiger partial charge in [-0.25, -0.2) is 0 Å². The Balaban J connectivity index is 1.71. The predicted octanol–water partition coefficient (Wildman–Crippen LogP) is 9.00. The fourth-order valence-corrected chi connectivity index (χ4v) is 6.96. The van der Waals surface area contributed by atoms with E-state index in [2.05, 4.69) is 38.1 Å². The number of methoxy groups -OCH3 is 1. The first-order chi connectivity index (χ1) is 18.0. The van der Waals surface area contributed by atoms with Crippen LogP contribution in [0.25, 0.3) is 0 Å². The lowest BCUT2D eigenvalue weighted by atomic mass is 9.75. The zero-order chi connectivity index (χ0) is 25.9. The van der Waals surface area contributed by atoms with Crippen molar-refractivity contribution in [2.75, 3.05) is 7.11 Å². The minimum Gasteiger partial charge on any atom is -0.508 e. The van der Waals surface area contributed by atoms with Gasteiger partial charge >= 0.3 is 0 Å². The largest absolute Gasteiger partial charge is 0.508 e. The zero-order valence-electron chi connectivity index (χ0n) is 22.7. The van der Waals surface area contributed by atoms with E-state index in [1.165, 1.54) is 49.7 Å². The van der Waals surface area contributed by atoms with Crippen LogP contribution < -0.4 is 4.74 Å². The van der Waals surface area contributed by atoms with Crippen LogP contribution in [-0.4, -0.2) is 17.3 Å². The summed E-state index contributed by atoms with van der Waals surface area (Å²) in [6.07, 6.45) is 12.0.